The topological polar surface area (TPSA) is 88.5 Å². The molecule has 2 N–H and O–H groups in total. The number of carbonyl (C=O) groups is 1. The van der Waals surface area contributed by atoms with Gasteiger partial charge >= 0.3 is 6.09 Å². The summed E-state index contributed by atoms with van der Waals surface area (Å²) in [5.74, 6) is 0.293. The summed E-state index contributed by atoms with van der Waals surface area (Å²) >= 11 is 12.2. The van der Waals surface area contributed by atoms with Crippen LogP contribution in [0.1, 0.15) is 29.0 Å². The summed E-state index contributed by atoms with van der Waals surface area (Å²) in [4.78, 5) is 12.8. The number of piperidine rings is 1. The van der Waals surface area contributed by atoms with Crippen LogP contribution in [0, 0.1) is 0 Å². The van der Waals surface area contributed by atoms with Crippen LogP contribution in [0.25, 0.3) is 0 Å². The third kappa shape index (κ3) is 8.09. The monoisotopic (exact) mass is 559 g/mol. The molecule has 0 bridgehead atoms. The summed E-state index contributed by atoms with van der Waals surface area (Å²) in [6.07, 6.45) is -1.84. The molecule has 1 fully saturated rings. The maximum atomic E-state index is 11.6. The number of aliphatic hydroxyl groups is 1. The molecule has 1 amide bonds. The van der Waals surface area contributed by atoms with Gasteiger partial charge in [-0.15, -0.1) is 0 Å². The van der Waals surface area contributed by atoms with Gasteiger partial charge in [0.1, 0.15) is 5.75 Å². The molecule has 1 heterocycles. The van der Waals surface area contributed by atoms with Crippen LogP contribution in [0.3, 0.4) is 0 Å². The average molecular weight is 560 g/mol. The van der Waals surface area contributed by atoms with Gasteiger partial charge in [0.05, 0.1) is 51.7 Å². The molecule has 1 aliphatic heterocycles. The third-order valence-electron chi connectivity index (χ3n) is 6.36. The van der Waals surface area contributed by atoms with Crippen LogP contribution in [-0.2, 0) is 22.7 Å². The van der Waals surface area contributed by atoms with Gasteiger partial charge in [-0.25, -0.2) is 4.79 Å². The zero-order valence-electron chi connectivity index (χ0n) is 20.8. The lowest BCUT2D eigenvalue weighted by molar-refractivity contribution is -0.0660. The van der Waals surface area contributed by atoms with Crippen molar-refractivity contribution in [3.63, 3.8) is 0 Å². The van der Waals surface area contributed by atoms with Crippen molar-refractivity contribution < 1.29 is 29.2 Å². The average Bonchev–Trinajstić information content (AvgIpc) is 2.89. The lowest BCUT2D eigenvalue weighted by Gasteiger charge is -2.40. The number of hydrogen-bond donors (Lipinski definition) is 2. The van der Waals surface area contributed by atoms with Gasteiger partial charge in [0.25, 0.3) is 0 Å². The molecule has 0 radical (unpaired) electrons. The quantitative estimate of drug-likeness (QED) is 0.280. The number of aliphatic hydroxyl groups excluding tert-OH is 1. The van der Waals surface area contributed by atoms with Crippen LogP contribution in [0.15, 0.2) is 72.8 Å². The molecule has 0 spiro atoms. The Morgan fingerprint density at radius 3 is 2.29 bits per heavy atom. The maximum Gasteiger partial charge on any atom is 0.407 e. The minimum absolute atomic E-state index is 0.00405. The number of carboxylic acid groups (broad SMARTS) is 1. The number of hydrogen-bond acceptors (Lipinski definition) is 5. The number of rotatable bonds is 11. The Hall–Kier alpha value is -2.81. The zero-order valence-corrected chi connectivity index (χ0v) is 22.4. The highest BCUT2D eigenvalue weighted by Crippen LogP contribution is 2.33. The fraction of sp³-hybridized carbons (Fsp3) is 0.345. The van der Waals surface area contributed by atoms with Crippen LogP contribution in [0.4, 0.5) is 4.79 Å². The second-order valence-corrected chi connectivity index (χ2v) is 10.1. The first-order valence-electron chi connectivity index (χ1n) is 12.5. The van der Waals surface area contributed by atoms with E-state index in [1.54, 1.807) is 18.2 Å². The molecule has 3 atom stereocenters. The predicted octanol–water partition coefficient (Wildman–Crippen LogP) is 6.00. The van der Waals surface area contributed by atoms with Crippen LogP contribution in [0.5, 0.6) is 5.75 Å². The summed E-state index contributed by atoms with van der Waals surface area (Å²) in [6.45, 7) is 2.00. The minimum Gasteiger partial charge on any atom is -0.494 e. The van der Waals surface area contributed by atoms with Crippen molar-refractivity contribution in [3.8, 4) is 5.75 Å². The van der Waals surface area contributed by atoms with E-state index in [4.69, 9.17) is 37.4 Å². The molecule has 1 aliphatic rings. The molecule has 38 heavy (non-hydrogen) atoms. The number of benzene rings is 3. The van der Waals surface area contributed by atoms with Crippen molar-refractivity contribution >= 4 is 29.3 Å². The first kappa shape index (κ1) is 28.2. The van der Waals surface area contributed by atoms with Crippen molar-refractivity contribution in [2.45, 2.75) is 37.8 Å². The number of amides is 1. The number of halogens is 2. The molecule has 9 heteroatoms. The van der Waals surface area contributed by atoms with Crippen LogP contribution in [0.2, 0.25) is 10.0 Å². The summed E-state index contributed by atoms with van der Waals surface area (Å²) in [7, 11) is 0. The second kappa shape index (κ2) is 13.8. The zero-order chi connectivity index (χ0) is 26.9. The molecular weight excluding hydrogens is 529 g/mol. The van der Waals surface area contributed by atoms with Crippen molar-refractivity contribution in [3.05, 3.63) is 99.5 Å². The summed E-state index contributed by atoms with van der Waals surface area (Å²) < 4.78 is 17.7. The summed E-state index contributed by atoms with van der Waals surface area (Å²) in [5, 5.41) is 21.4. The van der Waals surface area contributed by atoms with Crippen LogP contribution >= 0.6 is 23.2 Å². The largest absolute Gasteiger partial charge is 0.494 e. The first-order valence-corrected chi connectivity index (χ1v) is 13.2. The first-order chi connectivity index (χ1) is 18.4. The Morgan fingerprint density at radius 2 is 1.61 bits per heavy atom. The number of β-amino-alcohol motifs (C(OH)–C–C–N with tert-alkyl or cyclic N) is 1. The highest BCUT2D eigenvalue weighted by atomic mass is 35.5. The lowest BCUT2D eigenvalue weighted by atomic mass is 9.84. The Balaban J connectivity index is 1.33. The maximum absolute atomic E-state index is 11.6. The van der Waals surface area contributed by atoms with Crippen LogP contribution < -0.4 is 4.74 Å². The van der Waals surface area contributed by atoms with Gasteiger partial charge < -0.3 is 29.3 Å². The fourth-order valence-electron chi connectivity index (χ4n) is 4.54. The Bertz CT molecular complexity index is 1160. The van der Waals surface area contributed by atoms with Gasteiger partial charge in [0, 0.05) is 22.4 Å². The summed E-state index contributed by atoms with van der Waals surface area (Å²) in [5.41, 5.74) is 2.74. The second-order valence-electron chi connectivity index (χ2n) is 9.22. The molecule has 3 unspecified atom stereocenters. The van der Waals surface area contributed by atoms with E-state index in [1.807, 2.05) is 54.6 Å². The van der Waals surface area contributed by atoms with E-state index in [9.17, 15) is 15.0 Å². The Labute approximate surface area is 232 Å². The molecule has 0 aromatic heterocycles. The molecule has 0 saturated carbocycles. The highest BCUT2D eigenvalue weighted by Gasteiger charge is 2.39. The van der Waals surface area contributed by atoms with E-state index >= 15 is 0 Å². The third-order valence-corrected chi connectivity index (χ3v) is 6.79. The molecule has 4 rings (SSSR count). The smallest absolute Gasteiger partial charge is 0.407 e. The van der Waals surface area contributed by atoms with E-state index in [-0.39, 0.29) is 19.7 Å². The minimum atomic E-state index is -1.10. The van der Waals surface area contributed by atoms with Crippen molar-refractivity contribution in [1.82, 2.24) is 4.90 Å². The van der Waals surface area contributed by atoms with Gasteiger partial charge in [-0.2, -0.15) is 0 Å². The Morgan fingerprint density at radius 1 is 0.895 bits per heavy atom. The van der Waals surface area contributed by atoms with E-state index in [1.165, 1.54) is 4.90 Å². The standard InChI is InChI=1S/C29H31Cl2NO6/c30-23-13-21(14-24(31)15-23)19-38-27-17-32(29(34)35)16-26(33)28(27)22-7-9-25(10-8-22)37-12-4-11-36-18-20-5-2-1-3-6-20/h1-3,5-10,13-15,26-28,33H,4,11-12,16-19H2,(H,34,35). The van der Waals surface area contributed by atoms with Crippen LogP contribution in [-0.4, -0.2) is 59.7 Å². The van der Waals surface area contributed by atoms with Crippen molar-refractivity contribution in [2.24, 2.45) is 0 Å². The molecular formula is C29H31Cl2NO6. The SMILES string of the molecule is O=C(O)N1CC(O)C(c2ccc(OCCCOCc3ccccc3)cc2)C(OCc2cc(Cl)cc(Cl)c2)C1. The van der Waals surface area contributed by atoms with Gasteiger partial charge in [-0.3, -0.25) is 0 Å². The van der Waals surface area contributed by atoms with E-state index in [2.05, 4.69) is 0 Å². The fourth-order valence-corrected chi connectivity index (χ4v) is 5.11. The van der Waals surface area contributed by atoms with Gasteiger partial charge in [0.15, 0.2) is 0 Å². The molecule has 7 nitrogen and oxygen atoms in total. The molecule has 3 aromatic carbocycles. The van der Waals surface area contributed by atoms with Crippen molar-refractivity contribution in [2.75, 3.05) is 26.3 Å². The number of ether oxygens (including phenoxy) is 3. The summed E-state index contributed by atoms with van der Waals surface area (Å²) in [6, 6.07) is 22.6. The number of nitrogens with zero attached hydrogens (tertiary/aromatic N) is 1. The molecule has 202 valence electrons. The molecule has 1 saturated heterocycles. The molecule has 0 aliphatic carbocycles. The Kier molecular flexibility index (Phi) is 10.3. The lowest BCUT2D eigenvalue weighted by Crippen LogP contribution is -2.53. The van der Waals surface area contributed by atoms with Crippen molar-refractivity contribution in [1.29, 1.82) is 0 Å². The van der Waals surface area contributed by atoms with E-state index in [0.29, 0.717) is 35.6 Å². The van der Waals surface area contributed by atoms with E-state index < -0.39 is 24.2 Å². The number of likely N-dealkylation sites (tertiary alicyclic amines) is 1. The van der Waals surface area contributed by atoms with Gasteiger partial charge in [0.2, 0.25) is 0 Å². The predicted molar refractivity (Wildman–Crippen MR) is 146 cm³/mol. The van der Waals surface area contributed by atoms with Gasteiger partial charge in [-0.1, -0.05) is 65.7 Å². The van der Waals surface area contributed by atoms with E-state index in [0.717, 1.165) is 23.1 Å². The molecule has 3 aromatic rings. The normalized spacial score (nSPS) is 19.3. The van der Waals surface area contributed by atoms with Gasteiger partial charge in [-0.05, 0) is 47.0 Å². The highest BCUT2D eigenvalue weighted by molar-refractivity contribution is 6.34.